The Morgan fingerprint density at radius 1 is 0.882 bits per heavy atom. The molecule has 1 aliphatic heterocycles. The van der Waals surface area contributed by atoms with E-state index in [-0.39, 0.29) is 17.3 Å². The molecule has 0 radical (unpaired) electrons. The highest BCUT2D eigenvalue weighted by molar-refractivity contribution is 7.92. The van der Waals surface area contributed by atoms with Crippen LogP contribution < -0.4 is 9.62 Å². The van der Waals surface area contributed by atoms with Crippen LogP contribution in [0, 0.1) is 6.92 Å². The smallest absolute Gasteiger partial charge is 0.264 e. The van der Waals surface area contributed by atoms with Gasteiger partial charge in [0.05, 0.1) is 10.6 Å². The monoisotopic (exact) mass is 477 g/mol. The van der Waals surface area contributed by atoms with E-state index in [1.165, 1.54) is 22.7 Å². The third kappa shape index (κ3) is 5.85. The van der Waals surface area contributed by atoms with Gasteiger partial charge in [-0.3, -0.25) is 14.0 Å². The Hall–Kier alpha value is -3.16. The van der Waals surface area contributed by atoms with Crippen molar-refractivity contribution in [1.82, 2.24) is 10.2 Å². The van der Waals surface area contributed by atoms with E-state index in [1.54, 1.807) is 42.5 Å². The molecule has 1 fully saturated rings. The van der Waals surface area contributed by atoms with Crippen LogP contribution in [0.25, 0.3) is 0 Å². The molecule has 0 bridgehead atoms. The second kappa shape index (κ2) is 10.8. The van der Waals surface area contributed by atoms with Crippen LogP contribution in [0.2, 0.25) is 0 Å². The fourth-order valence-electron chi connectivity index (χ4n) is 4.19. The van der Waals surface area contributed by atoms with Gasteiger partial charge >= 0.3 is 0 Å². The van der Waals surface area contributed by atoms with Gasteiger partial charge in [0.15, 0.2) is 0 Å². The van der Waals surface area contributed by atoms with Crippen LogP contribution in [-0.2, 0) is 27.9 Å². The fraction of sp³-hybridized carbons (Fsp3) is 0.296. The Morgan fingerprint density at radius 3 is 2.18 bits per heavy atom. The summed E-state index contributed by atoms with van der Waals surface area (Å²) in [6, 6.07) is 23.5. The molecular weight excluding hydrogens is 446 g/mol. The maximum absolute atomic E-state index is 13.4. The summed E-state index contributed by atoms with van der Waals surface area (Å²) in [4.78, 5) is 15.5. The van der Waals surface area contributed by atoms with Crippen molar-refractivity contribution < 1.29 is 13.2 Å². The molecule has 6 nitrogen and oxygen atoms in total. The summed E-state index contributed by atoms with van der Waals surface area (Å²) in [5.74, 6) is -0.351. The number of nitrogens with one attached hydrogen (secondary N) is 1. The summed E-state index contributed by atoms with van der Waals surface area (Å²) in [5, 5.41) is 2.94. The number of carbonyl (C=O) groups is 1. The second-order valence-electron chi connectivity index (χ2n) is 8.69. The van der Waals surface area contributed by atoms with Gasteiger partial charge in [-0.25, -0.2) is 8.42 Å². The van der Waals surface area contributed by atoms with Gasteiger partial charge in [0.1, 0.15) is 6.54 Å². The molecule has 7 heteroatoms. The van der Waals surface area contributed by atoms with Crippen molar-refractivity contribution in [2.24, 2.45) is 0 Å². The molecule has 1 aliphatic rings. The number of rotatable bonds is 9. The minimum atomic E-state index is -3.90. The van der Waals surface area contributed by atoms with Crippen LogP contribution in [0.1, 0.15) is 29.5 Å². The maximum Gasteiger partial charge on any atom is 0.264 e. The minimum Gasteiger partial charge on any atom is -0.350 e. The van der Waals surface area contributed by atoms with Gasteiger partial charge in [-0.2, -0.15) is 0 Å². The molecule has 4 rings (SSSR count). The third-order valence-corrected chi connectivity index (χ3v) is 7.92. The first-order valence-corrected chi connectivity index (χ1v) is 13.1. The third-order valence-electron chi connectivity index (χ3n) is 6.13. The molecule has 3 aromatic rings. The molecule has 1 N–H and O–H groups in total. The largest absolute Gasteiger partial charge is 0.350 e. The molecule has 0 spiro atoms. The van der Waals surface area contributed by atoms with Crippen LogP contribution in [0.4, 0.5) is 5.69 Å². The van der Waals surface area contributed by atoms with E-state index in [2.05, 4.69) is 16.3 Å². The molecule has 0 unspecified atom stereocenters. The van der Waals surface area contributed by atoms with Crippen molar-refractivity contribution in [3.05, 3.63) is 95.6 Å². The minimum absolute atomic E-state index is 0.152. The summed E-state index contributed by atoms with van der Waals surface area (Å²) < 4.78 is 28.0. The molecule has 1 saturated heterocycles. The molecular formula is C27H31N3O3S. The van der Waals surface area contributed by atoms with Crippen LogP contribution in [-0.4, -0.2) is 38.9 Å². The molecule has 178 valence electrons. The van der Waals surface area contributed by atoms with E-state index < -0.39 is 10.0 Å². The zero-order valence-electron chi connectivity index (χ0n) is 19.5. The molecule has 34 heavy (non-hydrogen) atoms. The van der Waals surface area contributed by atoms with Crippen LogP contribution >= 0.6 is 0 Å². The second-order valence-corrected chi connectivity index (χ2v) is 10.6. The molecule has 0 atom stereocenters. The van der Waals surface area contributed by atoms with E-state index in [0.29, 0.717) is 12.2 Å². The Bertz CT molecular complexity index is 1210. The predicted molar refractivity (Wildman–Crippen MR) is 135 cm³/mol. The number of hydrogen-bond acceptors (Lipinski definition) is 4. The number of hydrogen-bond donors (Lipinski definition) is 1. The predicted octanol–water partition coefficient (Wildman–Crippen LogP) is 4.10. The Morgan fingerprint density at radius 2 is 1.50 bits per heavy atom. The number of sulfonamides is 1. The molecule has 3 aromatic carbocycles. The highest BCUT2D eigenvalue weighted by Crippen LogP contribution is 2.24. The van der Waals surface area contributed by atoms with Gasteiger partial charge in [-0.15, -0.1) is 0 Å². The normalized spacial score (nSPS) is 14.1. The average molecular weight is 478 g/mol. The maximum atomic E-state index is 13.4. The first kappa shape index (κ1) is 24.0. The van der Waals surface area contributed by atoms with E-state index in [1.807, 2.05) is 37.3 Å². The van der Waals surface area contributed by atoms with Gasteiger partial charge in [-0.1, -0.05) is 60.2 Å². The number of anilines is 1. The summed E-state index contributed by atoms with van der Waals surface area (Å²) in [6.45, 7) is 5.06. The average Bonchev–Trinajstić information content (AvgIpc) is 3.36. The Balaban J connectivity index is 1.50. The number of nitrogens with zero attached hydrogens (tertiary/aromatic N) is 2. The summed E-state index contributed by atoms with van der Waals surface area (Å²) in [6.07, 6.45) is 2.45. The molecule has 0 saturated carbocycles. The molecule has 1 amide bonds. The van der Waals surface area contributed by atoms with Gasteiger partial charge in [0.2, 0.25) is 5.91 Å². The molecule has 0 aliphatic carbocycles. The zero-order valence-corrected chi connectivity index (χ0v) is 20.3. The lowest BCUT2D eigenvalue weighted by Crippen LogP contribution is -2.40. The number of carbonyl (C=O) groups excluding carboxylic acids is 1. The SMILES string of the molecule is Cc1ccc(N(CC(=O)NCc2ccccc2CN2CCCC2)S(=O)(=O)c2ccccc2)cc1. The van der Waals surface area contributed by atoms with Crippen molar-refractivity contribution in [3.8, 4) is 0 Å². The fourth-order valence-corrected chi connectivity index (χ4v) is 5.63. The Kier molecular flexibility index (Phi) is 7.65. The van der Waals surface area contributed by atoms with Gasteiger partial charge in [0, 0.05) is 13.1 Å². The van der Waals surface area contributed by atoms with Crippen LogP contribution in [0.3, 0.4) is 0 Å². The lowest BCUT2D eigenvalue weighted by atomic mass is 10.1. The van der Waals surface area contributed by atoms with E-state index >= 15 is 0 Å². The first-order valence-electron chi connectivity index (χ1n) is 11.6. The van der Waals surface area contributed by atoms with E-state index in [9.17, 15) is 13.2 Å². The van der Waals surface area contributed by atoms with Crippen molar-refractivity contribution in [2.45, 2.75) is 37.8 Å². The lowest BCUT2D eigenvalue weighted by Gasteiger charge is -2.24. The van der Waals surface area contributed by atoms with Crippen molar-refractivity contribution in [2.75, 3.05) is 23.9 Å². The van der Waals surface area contributed by atoms with Crippen molar-refractivity contribution in [1.29, 1.82) is 0 Å². The topological polar surface area (TPSA) is 69.7 Å². The van der Waals surface area contributed by atoms with Gasteiger partial charge in [0.25, 0.3) is 10.0 Å². The van der Waals surface area contributed by atoms with E-state index in [0.717, 1.165) is 30.8 Å². The number of likely N-dealkylation sites (tertiary alicyclic amines) is 1. The van der Waals surface area contributed by atoms with Gasteiger partial charge in [-0.05, 0) is 68.2 Å². The highest BCUT2D eigenvalue weighted by atomic mass is 32.2. The quantitative estimate of drug-likeness (QED) is 0.504. The number of aryl methyl sites for hydroxylation is 1. The van der Waals surface area contributed by atoms with E-state index in [4.69, 9.17) is 0 Å². The molecule has 0 aromatic heterocycles. The summed E-state index contributed by atoms with van der Waals surface area (Å²) in [7, 11) is -3.90. The number of benzene rings is 3. The van der Waals surface area contributed by atoms with Gasteiger partial charge < -0.3 is 5.32 Å². The standard InChI is InChI=1S/C27H31N3O3S/c1-22-13-15-25(16-14-22)30(34(32,33)26-11-3-2-4-12-26)21-27(31)28-19-23-9-5-6-10-24(23)20-29-17-7-8-18-29/h2-6,9-16H,7-8,17-21H2,1H3,(H,28,31). The zero-order chi connectivity index (χ0) is 24.0. The Labute approximate surface area is 202 Å². The summed E-state index contributed by atoms with van der Waals surface area (Å²) >= 11 is 0. The van der Waals surface area contributed by atoms with Crippen molar-refractivity contribution in [3.63, 3.8) is 0 Å². The molecule has 1 heterocycles. The highest BCUT2D eigenvalue weighted by Gasteiger charge is 2.27. The van der Waals surface area contributed by atoms with Crippen LogP contribution in [0.5, 0.6) is 0 Å². The number of amides is 1. The summed E-state index contributed by atoms with van der Waals surface area (Å²) in [5.41, 5.74) is 3.71. The van der Waals surface area contributed by atoms with Crippen molar-refractivity contribution >= 4 is 21.6 Å². The first-order chi connectivity index (χ1) is 16.4. The lowest BCUT2D eigenvalue weighted by molar-refractivity contribution is -0.119. The van der Waals surface area contributed by atoms with Crippen LogP contribution in [0.15, 0.2) is 83.8 Å².